The van der Waals surface area contributed by atoms with E-state index in [0.29, 0.717) is 0 Å². The first kappa shape index (κ1) is 9.76. The molecule has 80 valence electrons. The molecule has 1 aromatic heterocycles. The molecule has 5 heteroatoms. The Hall–Kier alpha value is -1.78. The molecule has 1 aromatic rings. The van der Waals surface area contributed by atoms with Crippen molar-refractivity contribution in [1.82, 2.24) is 4.90 Å². The molecule has 1 saturated heterocycles. The third-order valence-corrected chi connectivity index (χ3v) is 2.45. The Morgan fingerprint density at radius 2 is 2.00 bits per heavy atom. The van der Waals surface area contributed by atoms with Gasteiger partial charge >= 0.3 is 5.97 Å². The second kappa shape index (κ2) is 3.76. The van der Waals surface area contributed by atoms with Crippen LogP contribution in [0.25, 0.3) is 0 Å². The predicted octanol–water partition coefficient (Wildman–Crippen LogP) is 1.21. The molecule has 1 fully saturated rings. The van der Waals surface area contributed by atoms with E-state index in [-0.39, 0.29) is 17.2 Å². The normalized spacial score (nSPS) is 15.6. The van der Waals surface area contributed by atoms with Crippen LogP contribution in [0.15, 0.2) is 16.7 Å². The van der Waals surface area contributed by atoms with E-state index in [2.05, 4.69) is 0 Å². The first-order valence-electron chi connectivity index (χ1n) is 4.79. The van der Waals surface area contributed by atoms with Gasteiger partial charge in [-0.25, -0.2) is 4.79 Å². The third-order valence-electron chi connectivity index (χ3n) is 2.45. The molecule has 1 N–H and O–H groups in total. The molecular weight excluding hydrogens is 198 g/mol. The minimum Gasteiger partial charge on any atom is -0.478 e. The Kier molecular flexibility index (Phi) is 2.45. The smallest absolute Gasteiger partial charge is 0.338 e. The Morgan fingerprint density at radius 3 is 2.53 bits per heavy atom. The number of aromatic carboxylic acids is 1. The molecule has 0 aliphatic carbocycles. The van der Waals surface area contributed by atoms with Crippen LogP contribution in [0, 0.1) is 0 Å². The van der Waals surface area contributed by atoms with Crippen LogP contribution in [0.5, 0.6) is 0 Å². The number of carboxylic acids is 1. The molecule has 1 aliphatic heterocycles. The van der Waals surface area contributed by atoms with Gasteiger partial charge in [-0.2, -0.15) is 0 Å². The number of carboxylic acid groups (broad SMARTS) is 1. The lowest BCUT2D eigenvalue weighted by molar-refractivity contribution is 0.0695. The lowest BCUT2D eigenvalue weighted by Crippen LogP contribution is -2.27. The van der Waals surface area contributed by atoms with Gasteiger partial charge in [0.1, 0.15) is 6.26 Å². The van der Waals surface area contributed by atoms with Gasteiger partial charge in [-0.1, -0.05) is 0 Å². The van der Waals surface area contributed by atoms with Gasteiger partial charge in [0.2, 0.25) is 0 Å². The summed E-state index contributed by atoms with van der Waals surface area (Å²) in [4.78, 5) is 24.0. The molecule has 5 nitrogen and oxygen atoms in total. The number of amides is 1. The number of hydrogen-bond acceptors (Lipinski definition) is 3. The van der Waals surface area contributed by atoms with Gasteiger partial charge in [0, 0.05) is 19.2 Å². The molecule has 0 bridgehead atoms. The summed E-state index contributed by atoms with van der Waals surface area (Å²) in [5, 5.41) is 8.66. The fourth-order valence-corrected chi connectivity index (χ4v) is 1.64. The van der Waals surface area contributed by atoms with Gasteiger partial charge in [0.05, 0.1) is 5.56 Å². The van der Waals surface area contributed by atoms with Crippen LogP contribution >= 0.6 is 0 Å². The monoisotopic (exact) mass is 209 g/mol. The fourth-order valence-electron chi connectivity index (χ4n) is 1.64. The van der Waals surface area contributed by atoms with E-state index in [0.717, 1.165) is 32.2 Å². The summed E-state index contributed by atoms with van der Waals surface area (Å²) in [6.45, 7) is 1.45. The van der Waals surface area contributed by atoms with Crippen molar-refractivity contribution in [3.05, 3.63) is 23.7 Å². The van der Waals surface area contributed by atoms with Crippen LogP contribution in [0.4, 0.5) is 0 Å². The quantitative estimate of drug-likeness (QED) is 0.794. The van der Waals surface area contributed by atoms with E-state index in [9.17, 15) is 9.59 Å². The van der Waals surface area contributed by atoms with Crippen LogP contribution in [0.3, 0.4) is 0 Å². The zero-order valence-electron chi connectivity index (χ0n) is 8.10. The van der Waals surface area contributed by atoms with E-state index < -0.39 is 5.97 Å². The zero-order chi connectivity index (χ0) is 10.8. The van der Waals surface area contributed by atoms with Crippen LogP contribution < -0.4 is 0 Å². The van der Waals surface area contributed by atoms with Gasteiger partial charge < -0.3 is 14.4 Å². The lowest BCUT2D eigenvalue weighted by atomic mass is 10.3. The molecule has 2 rings (SSSR count). The Bertz CT molecular complexity index is 390. The fraction of sp³-hybridized carbons (Fsp3) is 0.400. The van der Waals surface area contributed by atoms with E-state index in [4.69, 9.17) is 9.52 Å². The third kappa shape index (κ3) is 1.86. The molecule has 0 saturated carbocycles. The van der Waals surface area contributed by atoms with Crippen molar-refractivity contribution in [2.75, 3.05) is 13.1 Å². The summed E-state index contributed by atoms with van der Waals surface area (Å²) in [7, 11) is 0. The molecule has 0 atom stereocenters. The summed E-state index contributed by atoms with van der Waals surface area (Å²) in [6.07, 6.45) is 3.09. The van der Waals surface area contributed by atoms with Crippen LogP contribution in [0.1, 0.15) is 33.8 Å². The molecule has 15 heavy (non-hydrogen) atoms. The van der Waals surface area contributed by atoms with E-state index in [1.807, 2.05) is 0 Å². The average molecular weight is 209 g/mol. The second-order valence-electron chi connectivity index (χ2n) is 3.50. The number of nitrogens with zero attached hydrogens (tertiary/aromatic N) is 1. The topological polar surface area (TPSA) is 70.7 Å². The molecule has 0 aromatic carbocycles. The minimum absolute atomic E-state index is 0.0116. The number of furan rings is 1. The summed E-state index contributed by atoms with van der Waals surface area (Å²) < 4.78 is 4.93. The van der Waals surface area contributed by atoms with Gasteiger partial charge in [-0.15, -0.1) is 0 Å². The number of carbonyl (C=O) groups excluding carboxylic acids is 1. The van der Waals surface area contributed by atoms with Crippen molar-refractivity contribution in [3.63, 3.8) is 0 Å². The van der Waals surface area contributed by atoms with Crippen molar-refractivity contribution < 1.29 is 19.1 Å². The summed E-state index contributed by atoms with van der Waals surface area (Å²) in [6, 6.07) is 1.27. The zero-order valence-corrected chi connectivity index (χ0v) is 8.10. The standard InChI is InChI=1S/C10H11NO4/c12-9(11-3-1-2-4-11)8-5-7(6-15-8)10(13)14/h5-6H,1-4H2,(H,13,14). The van der Waals surface area contributed by atoms with Gasteiger partial charge in [-0.3, -0.25) is 4.79 Å². The van der Waals surface area contributed by atoms with Crippen LogP contribution in [-0.4, -0.2) is 35.0 Å². The largest absolute Gasteiger partial charge is 0.478 e. The maximum Gasteiger partial charge on any atom is 0.338 e. The summed E-state index contributed by atoms with van der Waals surface area (Å²) in [5.41, 5.74) is 0.0116. The molecule has 0 spiro atoms. The molecular formula is C10H11NO4. The highest BCUT2D eigenvalue weighted by atomic mass is 16.4. The molecule has 2 heterocycles. The number of rotatable bonds is 2. The molecule has 0 unspecified atom stereocenters. The SMILES string of the molecule is O=C(O)c1coc(C(=O)N2CCCC2)c1. The van der Waals surface area contributed by atoms with Gasteiger partial charge in [0.25, 0.3) is 5.91 Å². The van der Waals surface area contributed by atoms with Crippen molar-refractivity contribution in [3.8, 4) is 0 Å². The second-order valence-corrected chi connectivity index (χ2v) is 3.50. The predicted molar refractivity (Wildman–Crippen MR) is 50.8 cm³/mol. The first-order chi connectivity index (χ1) is 7.18. The maximum atomic E-state index is 11.7. The number of hydrogen-bond donors (Lipinski definition) is 1. The van der Waals surface area contributed by atoms with Crippen molar-refractivity contribution in [1.29, 1.82) is 0 Å². The average Bonchev–Trinajstić information content (AvgIpc) is 2.88. The number of carbonyl (C=O) groups is 2. The van der Waals surface area contributed by atoms with E-state index in [1.54, 1.807) is 4.90 Å². The first-order valence-corrected chi connectivity index (χ1v) is 4.79. The molecule has 1 amide bonds. The van der Waals surface area contributed by atoms with Crippen LogP contribution in [0.2, 0.25) is 0 Å². The van der Waals surface area contributed by atoms with E-state index >= 15 is 0 Å². The highest BCUT2D eigenvalue weighted by Crippen LogP contribution is 2.15. The van der Waals surface area contributed by atoms with Crippen molar-refractivity contribution in [2.24, 2.45) is 0 Å². The Morgan fingerprint density at radius 1 is 1.33 bits per heavy atom. The highest BCUT2D eigenvalue weighted by Gasteiger charge is 2.23. The Labute approximate surface area is 86.3 Å². The molecule has 1 aliphatic rings. The maximum absolute atomic E-state index is 11.7. The van der Waals surface area contributed by atoms with Gasteiger partial charge in [-0.05, 0) is 12.8 Å². The van der Waals surface area contributed by atoms with Crippen molar-refractivity contribution in [2.45, 2.75) is 12.8 Å². The van der Waals surface area contributed by atoms with Gasteiger partial charge in [0.15, 0.2) is 5.76 Å². The summed E-state index contributed by atoms with van der Waals surface area (Å²) >= 11 is 0. The lowest BCUT2D eigenvalue weighted by Gasteiger charge is -2.12. The Balaban J connectivity index is 2.14. The molecule has 0 radical (unpaired) electrons. The number of likely N-dealkylation sites (tertiary alicyclic amines) is 1. The van der Waals surface area contributed by atoms with Crippen LogP contribution in [-0.2, 0) is 0 Å². The summed E-state index contributed by atoms with van der Waals surface area (Å²) in [5.74, 6) is -1.20. The van der Waals surface area contributed by atoms with E-state index in [1.165, 1.54) is 6.07 Å². The highest BCUT2D eigenvalue weighted by molar-refractivity contribution is 5.95. The minimum atomic E-state index is -1.08. The van der Waals surface area contributed by atoms with Crippen molar-refractivity contribution >= 4 is 11.9 Å².